The van der Waals surface area contributed by atoms with Crippen molar-refractivity contribution in [2.75, 3.05) is 13.1 Å². The van der Waals surface area contributed by atoms with Gasteiger partial charge >= 0.3 is 0 Å². The van der Waals surface area contributed by atoms with Crippen LogP contribution in [0.5, 0.6) is 0 Å². The summed E-state index contributed by atoms with van der Waals surface area (Å²) in [6, 6.07) is 2.96. The Kier molecular flexibility index (Phi) is 3.58. The van der Waals surface area contributed by atoms with E-state index in [9.17, 15) is 0 Å². The van der Waals surface area contributed by atoms with E-state index < -0.39 is 0 Å². The van der Waals surface area contributed by atoms with Crippen molar-refractivity contribution < 1.29 is 0 Å². The Labute approximate surface area is 96.5 Å². The molecule has 0 atom stereocenters. The Hall–Kier alpha value is -1.34. The second-order valence-corrected chi connectivity index (χ2v) is 4.34. The van der Waals surface area contributed by atoms with Crippen LogP contribution in [0, 0.1) is 18.3 Å². The standard InChI is InChI=1S/C12H18N4/c1-11-14-6-8-15(11)9-10-16(7-2-5-13)12-3-4-12/h6,8,12H,2-4,7,9-10H2,1H3. The molecule has 2 rings (SSSR count). The Bertz CT molecular complexity index is 373. The largest absolute Gasteiger partial charge is 0.334 e. The molecule has 0 amide bonds. The zero-order valence-corrected chi connectivity index (χ0v) is 9.76. The number of nitrogens with zero attached hydrogens (tertiary/aromatic N) is 4. The summed E-state index contributed by atoms with van der Waals surface area (Å²) in [7, 11) is 0. The van der Waals surface area contributed by atoms with Crippen molar-refractivity contribution in [1.29, 1.82) is 5.26 Å². The zero-order chi connectivity index (χ0) is 11.4. The van der Waals surface area contributed by atoms with E-state index in [4.69, 9.17) is 5.26 Å². The van der Waals surface area contributed by atoms with Crippen LogP contribution in [0.1, 0.15) is 25.1 Å². The molecule has 86 valence electrons. The van der Waals surface area contributed by atoms with Crippen LogP contribution in [0.25, 0.3) is 0 Å². The lowest BCUT2D eigenvalue weighted by Gasteiger charge is -2.21. The maximum atomic E-state index is 8.62. The summed E-state index contributed by atoms with van der Waals surface area (Å²) >= 11 is 0. The third kappa shape index (κ3) is 2.83. The van der Waals surface area contributed by atoms with Gasteiger partial charge in [0.15, 0.2) is 0 Å². The van der Waals surface area contributed by atoms with Crippen LogP contribution in [0.4, 0.5) is 0 Å². The molecule has 0 radical (unpaired) electrons. The van der Waals surface area contributed by atoms with Gasteiger partial charge in [0.2, 0.25) is 0 Å². The molecule has 1 heterocycles. The fourth-order valence-electron chi connectivity index (χ4n) is 1.99. The van der Waals surface area contributed by atoms with E-state index in [1.807, 2.05) is 19.3 Å². The summed E-state index contributed by atoms with van der Waals surface area (Å²) in [5, 5.41) is 8.62. The fraction of sp³-hybridized carbons (Fsp3) is 0.667. The predicted molar refractivity (Wildman–Crippen MR) is 61.8 cm³/mol. The Morgan fingerprint density at radius 3 is 2.94 bits per heavy atom. The van der Waals surface area contributed by atoms with E-state index in [0.717, 1.165) is 31.5 Å². The average Bonchev–Trinajstić information content (AvgIpc) is 3.04. The van der Waals surface area contributed by atoms with Crippen molar-refractivity contribution in [2.24, 2.45) is 0 Å². The lowest BCUT2D eigenvalue weighted by atomic mass is 10.3. The highest BCUT2D eigenvalue weighted by Crippen LogP contribution is 2.26. The third-order valence-corrected chi connectivity index (χ3v) is 3.13. The van der Waals surface area contributed by atoms with E-state index in [1.165, 1.54) is 12.8 Å². The maximum Gasteiger partial charge on any atom is 0.105 e. The molecule has 16 heavy (non-hydrogen) atoms. The van der Waals surface area contributed by atoms with Gasteiger partial charge in [-0.3, -0.25) is 4.90 Å². The topological polar surface area (TPSA) is 44.9 Å². The number of hydrogen-bond acceptors (Lipinski definition) is 3. The summed E-state index contributed by atoms with van der Waals surface area (Å²) in [5.74, 6) is 1.07. The summed E-state index contributed by atoms with van der Waals surface area (Å²) < 4.78 is 2.17. The monoisotopic (exact) mass is 218 g/mol. The molecule has 1 aliphatic rings. The smallest absolute Gasteiger partial charge is 0.105 e. The highest BCUT2D eigenvalue weighted by Gasteiger charge is 2.28. The van der Waals surface area contributed by atoms with E-state index >= 15 is 0 Å². The molecule has 1 aliphatic carbocycles. The Morgan fingerprint density at radius 2 is 2.38 bits per heavy atom. The van der Waals surface area contributed by atoms with Gasteiger partial charge in [0.1, 0.15) is 5.82 Å². The third-order valence-electron chi connectivity index (χ3n) is 3.13. The molecular formula is C12H18N4. The summed E-state index contributed by atoms with van der Waals surface area (Å²) in [5.41, 5.74) is 0. The fourth-order valence-corrected chi connectivity index (χ4v) is 1.99. The minimum atomic E-state index is 0.638. The van der Waals surface area contributed by atoms with Gasteiger partial charge in [-0.1, -0.05) is 0 Å². The summed E-state index contributed by atoms with van der Waals surface area (Å²) in [6.07, 6.45) is 7.10. The summed E-state index contributed by atoms with van der Waals surface area (Å²) in [4.78, 5) is 6.64. The van der Waals surface area contributed by atoms with Gasteiger partial charge in [0.25, 0.3) is 0 Å². The van der Waals surface area contributed by atoms with Gasteiger partial charge in [-0.15, -0.1) is 0 Å². The van der Waals surface area contributed by atoms with Gasteiger partial charge in [-0.2, -0.15) is 5.26 Å². The van der Waals surface area contributed by atoms with E-state index in [2.05, 4.69) is 20.5 Å². The van der Waals surface area contributed by atoms with Crippen molar-refractivity contribution in [3.05, 3.63) is 18.2 Å². The number of aromatic nitrogens is 2. The molecule has 0 bridgehead atoms. The maximum absolute atomic E-state index is 8.62. The molecule has 1 saturated carbocycles. The van der Waals surface area contributed by atoms with E-state index in [1.54, 1.807) is 0 Å². The predicted octanol–water partition coefficient (Wildman–Crippen LogP) is 1.57. The molecule has 1 aromatic heterocycles. The first-order chi connectivity index (χ1) is 7.81. The van der Waals surface area contributed by atoms with Crippen LogP contribution in [0.2, 0.25) is 0 Å². The van der Waals surface area contributed by atoms with Crippen LogP contribution in [-0.2, 0) is 6.54 Å². The first-order valence-corrected chi connectivity index (χ1v) is 5.90. The van der Waals surface area contributed by atoms with Gasteiger partial charge in [-0.25, -0.2) is 4.98 Å². The highest BCUT2D eigenvalue weighted by molar-refractivity contribution is 4.90. The highest BCUT2D eigenvalue weighted by atomic mass is 15.2. The van der Waals surface area contributed by atoms with Crippen molar-refractivity contribution in [1.82, 2.24) is 14.5 Å². The SMILES string of the molecule is Cc1nccn1CCN(CCC#N)C1CC1. The van der Waals surface area contributed by atoms with Crippen molar-refractivity contribution in [3.63, 3.8) is 0 Å². The molecule has 1 fully saturated rings. The molecule has 0 unspecified atom stereocenters. The van der Waals surface area contributed by atoms with Crippen LogP contribution < -0.4 is 0 Å². The molecule has 0 aliphatic heterocycles. The number of hydrogen-bond donors (Lipinski definition) is 0. The molecule has 1 aromatic rings. The van der Waals surface area contributed by atoms with Crippen molar-refractivity contribution in [2.45, 2.75) is 38.8 Å². The lowest BCUT2D eigenvalue weighted by Crippen LogP contribution is -2.30. The normalized spacial score (nSPS) is 15.3. The first-order valence-electron chi connectivity index (χ1n) is 5.90. The molecule has 4 nitrogen and oxygen atoms in total. The van der Waals surface area contributed by atoms with Crippen LogP contribution in [0.3, 0.4) is 0 Å². The van der Waals surface area contributed by atoms with Crippen LogP contribution in [-0.4, -0.2) is 33.6 Å². The number of rotatable bonds is 6. The Morgan fingerprint density at radius 1 is 1.56 bits per heavy atom. The van der Waals surface area contributed by atoms with Crippen molar-refractivity contribution in [3.8, 4) is 6.07 Å². The van der Waals surface area contributed by atoms with Gasteiger partial charge in [0, 0.05) is 44.5 Å². The van der Waals surface area contributed by atoms with Crippen molar-refractivity contribution >= 4 is 0 Å². The van der Waals surface area contributed by atoms with Crippen LogP contribution in [0.15, 0.2) is 12.4 Å². The zero-order valence-electron chi connectivity index (χ0n) is 9.76. The molecule has 0 N–H and O–H groups in total. The molecule has 0 saturated heterocycles. The molecule has 4 heteroatoms. The minimum absolute atomic E-state index is 0.638. The average molecular weight is 218 g/mol. The minimum Gasteiger partial charge on any atom is -0.334 e. The second kappa shape index (κ2) is 5.13. The first kappa shape index (κ1) is 11.2. The lowest BCUT2D eigenvalue weighted by molar-refractivity contribution is 0.257. The number of aryl methyl sites for hydroxylation is 1. The quantitative estimate of drug-likeness (QED) is 0.728. The van der Waals surface area contributed by atoms with E-state index in [0.29, 0.717) is 6.42 Å². The molecule has 0 spiro atoms. The molecular weight excluding hydrogens is 200 g/mol. The van der Waals surface area contributed by atoms with Gasteiger partial charge in [-0.05, 0) is 19.8 Å². The second-order valence-electron chi connectivity index (χ2n) is 4.34. The van der Waals surface area contributed by atoms with Gasteiger partial charge in [0.05, 0.1) is 6.07 Å². The summed E-state index contributed by atoms with van der Waals surface area (Å²) in [6.45, 7) is 4.95. The van der Waals surface area contributed by atoms with Gasteiger partial charge < -0.3 is 4.57 Å². The Balaban J connectivity index is 1.82. The number of imidazole rings is 1. The number of nitriles is 1. The molecule has 0 aromatic carbocycles. The van der Waals surface area contributed by atoms with Crippen LogP contribution >= 0.6 is 0 Å². The van der Waals surface area contributed by atoms with E-state index in [-0.39, 0.29) is 0 Å².